The first-order valence-corrected chi connectivity index (χ1v) is 3.97. The number of hydrogen-bond acceptors (Lipinski definition) is 2. The second-order valence-electron chi connectivity index (χ2n) is 2.78. The Labute approximate surface area is 107 Å². The Morgan fingerprint density at radius 3 is 2.06 bits per heavy atom. The van der Waals surface area contributed by atoms with Gasteiger partial charge in [-0.3, -0.25) is 15.7 Å². The molecule has 0 fully saturated rings. The molecule has 0 aliphatic carbocycles. The first kappa shape index (κ1) is 29.4. The Hall–Kier alpha value is -0.970. The van der Waals surface area contributed by atoms with Gasteiger partial charge in [0.05, 0.1) is 0 Å². The van der Waals surface area contributed by atoms with E-state index in [0.29, 0.717) is 12.5 Å². The van der Waals surface area contributed by atoms with Crippen molar-refractivity contribution < 1.29 is 0 Å². The van der Waals surface area contributed by atoms with E-state index in [1.54, 1.807) is 0 Å². The van der Waals surface area contributed by atoms with E-state index in [9.17, 15) is 0 Å². The summed E-state index contributed by atoms with van der Waals surface area (Å²) in [6, 6.07) is 0. The van der Waals surface area contributed by atoms with Gasteiger partial charge in [-0.2, -0.15) is 0 Å². The van der Waals surface area contributed by atoms with Crippen molar-refractivity contribution in [1.29, 1.82) is 5.41 Å². The zero-order valence-electron chi connectivity index (χ0n) is 8.00. The Bertz CT molecular complexity index is 182. The van der Waals surface area contributed by atoms with Crippen LogP contribution in [-0.2, 0) is 0 Å². The minimum absolute atomic E-state index is 0. The number of rotatable bonds is 3. The molecule has 6 N–H and O–H groups in total. The fourth-order valence-electron chi connectivity index (χ4n) is 0.561. The van der Waals surface area contributed by atoms with E-state index in [2.05, 4.69) is 24.2 Å². The summed E-state index contributed by atoms with van der Waals surface area (Å²) in [7, 11) is 0. The van der Waals surface area contributed by atoms with Gasteiger partial charge in [-0.05, 0) is 5.92 Å². The summed E-state index contributed by atoms with van der Waals surface area (Å²) in [5.74, 6) is 0.542. The maximum absolute atomic E-state index is 6.86. The number of hydrogen-bond donors (Lipinski definition) is 4. The highest BCUT2D eigenvalue weighted by Crippen LogP contribution is 1.99. The molecule has 0 aliphatic heterocycles. The SMILES string of the molecule is C.C.C.CCC(C)CN=C(N)NC(=N)N.Cl. The number of guanidine groups is 2. The number of nitrogens with zero attached hydrogens (tertiary/aromatic N) is 1. The minimum atomic E-state index is -0.180. The Morgan fingerprint density at radius 1 is 1.31 bits per heavy atom. The molecule has 16 heavy (non-hydrogen) atoms. The van der Waals surface area contributed by atoms with Gasteiger partial charge in [-0.15, -0.1) is 12.4 Å². The van der Waals surface area contributed by atoms with Crippen molar-refractivity contribution in [2.75, 3.05) is 6.54 Å². The van der Waals surface area contributed by atoms with Gasteiger partial charge >= 0.3 is 0 Å². The molecule has 1 atom stereocenters. The lowest BCUT2D eigenvalue weighted by Gasteiger charge is -2.05. The van der Waals surface area contributed by atoms with Crippen molar-refractivity contribution in [2.24, 2.45) is 22.4 Å². The maximum Gasteiger partial charge on any atom is 0.195 e. The highest BCUT2D eigenvalue weighted by Gasteiger charge is 1.97. The molecule has 0 rings (SSSR count). The molecule has 0 aromatic heterocycles. The fourth-order valence-corrected chi connectivity index (χ4v) is 0.561. The highest BCUT2D eigenvalue weighted by molar-refractivity contribution is 5.95. The maximum atomic E-state index is 6.86. The lowest BCUT2D eigenvalue weighted by Crippen LogP contribution is -2.41. The van der Waals surface area contributed by atoms with Crippen LogP contribution in [0.15, 0.2) is 4.99 Å². The third kappa shape index (κ3) is 18.7. The molecule has 0 radical (unpaired) electrons. The monoisotopic (exact) mass is 255 g/mol. The molecule has 0 amide bonds. The van der Waals surface area contributed by atoms with Crippen LogP contribution in [0.2, 0.25) is 0 Å². The largest absolute Gasteiger partial charge is 0.370 e. The third-order valence-electron chi connectivity index (χ3n) is 1.53. The van der Waals surface area contributed by atoms with Gasteiger partial charge in [-0.25, -0.2) is 0 Å². The normalized spacial score (nSPS) is 10.5. The number of nitrogens with two attached hydrogens (primary N) is 2. The summed E-state index contributed by atoms with van der Waals surface area (Å²) in [6.45, 7) is 4.85. The van der Waals surface area contributed by atoms with Gasteiger partial charge in [0.1, 0.15) is 0 Å². The van der Waals surface area contributed by atoms with Gasteiger partial charge in [0.2, 0.25) is 0 Å². The van der Waals surface area contributed by atoms with Crippen LogP contribution in [0.4, 0.5) is 0 Å². The molecule has 0 spiro atoms. The molecule has 102 valence electrons. The van der Waals surface area contributed by atoms with Crippen LogP contribution in [-0.4, -0.2) is 18.5 Å². The Morgan fingerprint density at radius 2 is 1.75 bits per heavy atom. The predicted molar refractivity (Wildman–Crippen MR) is 78.4 cm³/mol. The average molecular weight is 256 g/mol. The molecule has 0 saturated carbocycles. The average Bonchev–Trinajstić information content (AvgIpc) is 1.99. The lowest BCUT2D eigenvalue weighted by atomic mass is 10.1. The van der Waals surface area contributed by atoms with E-state index in [0.717, 1.165) is 6.42 Å². The smallest absolute Gasteiger partial charge is 0.195 e. The zero-order chi connectivity index (χ0) is 9.56. The van der Waals surface area contributed by atoms with Crippen molar-refractivity contribution in [1.82, 2.24) is 5.32 Å². The quantitative estimate of drug-likeness (QED) is 0.459. The van der Waals surface area contributed by atoms with Crippen molar-refractivity contribution in [3.8, 4) is 0 Å². The van der Waals surface area contributed by atoms with Crippen LogP contribution in [0.5, 0.6) is 0 Å². The molecular formula is C10H30ClN5. The van der Waals surface area contributed by atoms with Crippen LogP contribution < -0.4 is 16.8 Å². The second-order valence-corrected chi connectivity index (χ2v) is 2.78. The molecule has 1 unspecified atom stereocenters. The summed E-state index contributed by atoms with van der Waals surface area (Å²) in [6.07, 6.45) is 1.07. The van der Waals surface area contributed by atoms with Gasteiger partial charge in [0.15, 0.2) is 11.9 Å². The van der Waals surface area contributed by atoms with E-state index in [4.69, 9.17) is 16.9 Å². The standard InChI is InChI=1S/C7H17N5.3CH4.ClH/c1-3-5(2)4-11-7(10)12-6(8)9;;;;/h5H,3-4H2,1-2H3,(H6,8,9,10,11,12);3*1H4;1H. The fraction of sp³-hybridized carbons (Fsp3) is 0.800. The van der Waals surface area contributed by atoms with Gasteiger partial charge < -0.3 is 11.5 Å². The second kappa shape index (κ2) is 16.5. The van der Waals surface area contributed by atoms with E-state index in [1.807, 2.05) is 0 Å². The summed E-state index contributed by atoms with van der Waals surface area (Å²) in [5.41, 5.74) is 10.4. The lowest BCUT2D eigenvalue weighted by molar-refractivity contribution is 0.576. The number of nitrogens with one attached hydrogen (secondary N) is 2. The molecule has 5 nitrogen and oxygen atoms in total. The third-order valence-corrected chi connectivity index (χ3v) is 1.53. The molecule has 0 bridgehead atoms. The molecule has 0 aromatic rings. The molecule has 0 aromatic carbocycles. The summed E-state index contributed by atoms with van der Waals surface area (Å²) >= 11 is 0. The summed E-state index contributed by atoms with van der Waals surface area (Å²) in [4.78, 5) is 4.00. The number of aliphatic imine (C=N–C) groups is 1. The predicted octanol–water partition coefficient (Wildman–Crippen LogP) is 2.16. The molecule has 0 heterocycles. The van der Waals surface area contributed by atoms with Crippen LogP contribution in [0.25, 0.3) is 0 Å². The first-order chi connectivity index (χ1) is 5.56. The Balaban J connectivity index is -0.000000101. The first-order valence-electron chi connectivity index (χ1n) is 3.97. The number of halogens is 1. The van der Waals surface area contributed by atoms with Crippen molar-refractivity contribution >= 4 is 24.3 Å². The van der Waals surface area contributed by atoms with Crippen LogP contribution in [0, 0.1) is 11.3 Å². The highest BCUT2D eigenvalue weighted by atomic mass is 35.5. The van der Waals surface area contributed by atoms with Crippen molar-refractivity contribution in [2.45, 2.75) is 42.5 Å². The van der Waals surface area contributed by atoms with Crippen LogP contribution in [0.1, 0.15) is 42.5 Å². The van der Waals surface area contributed by atoms with Crippen molar-refractivity contribution in [3.63, 3.8) is 0 Å². The molecule has 6 heteroatoms. The zero-order valence-corrected chi connectivity index (χ0v) is 8.82. The topological polar surface area (TPSA) is 100 Å². The van der Waals surface area contributed by atoms with Crippen LogP contribution in [0.3, 0.4) is 0 Å². The van der Waals surface area contributed by atoms with Gasteiger partial charge in [-0.1, -0.05) is 42.5 Å². The molecule has 0 aliphatic rings. The van der Waals surface area contributed by atoms with E-state index >= 15 is 0 Å². The van der Waals surface area contributed by atoms with Crippen LogP contribution >= 0.6 is 12.4 Å². The van der Waals surface area contributed by atoms with E-state index in [1.165, 1.54) is 0 Å². The summed E-state index contributed by atoms with van der Waals surface area (Å²) in [5, 5.41) is 9.27. The minimum Gasteiger partial charge on any atom is -0.370 e. The van der Waals surface area contributed by atoms with Gasteiger partial charge in [0, 0.05) is 6.54 Å². The molecule has 0 saturated heterocycles. The van der Waals surface area contributed by atoms with E-state index < -0.39 is 0 Å². The molecular weight excluding hydrogens is 226 g/mol. The van der Waals surface area contributed by atoms with E-state index in [-0.39, 0.29) is 46.6 Å². The summed E-state index contributed by atoms with van der Waals surface area (Å²) < 4.78 is 0. The van der Waals surface area contributed by atoms with Crippen molar-refractivity contribution in [3.05, 3.63) is 0 Å². The Kier molecular flexibility index (Phi) is 30.3. The van der Waals surface area contributed by atoms with Gasteiger partial charge in [0.25, 0.3) is 0 Å².